The highest BCUT2D eigenvalue weighted by atomic mass is 16.5. The molecule has 1 N–H and O–H groups in total. The Kier molecular flexibility index (Phi) is 6.16. The molecule has 3 rings (SSSR count). The number of nitrogens with zero attached hydrogens (tertiary/aromatic N) is 1. The SMILES string of the molecule is C#CCOc1ccc(CCNC(=O)N2CCC(c3ccccc3)C2)cc1. The first kappa shape index (κ1) is 17.9. The Morgan fingerprint density at radius 1 is 1.19 bits per heavy atom. The van der Waals surface area contributed by atoms with E-state index in [1.54, 1.807) is 0 Å². The maximum atomic E-state index is 12.4. The van der Waals surface area contributed by atoms with Gasteiger partial charge in [0.05, 0.1) is 0 Å². The van der Waals surface area contributed by atoms with E-state index in [0.717, 1.165) is 37.2 Å². The van der Waals surface area contributed by atoms with Crippen molar-refractivity contribution in [1.29, 1.82) is 0 Å². The van der Waals surface area contributed by atoms with Crippen LogP contribution in [0.5, 0.6) is 5.75 Å². The minimum Gasteiger partial charge on any atom is -0.481 e. The summed E-state index contributed by atoms with van der Waals surface area (Å²) in [6.07, 6.45) is 6.99. The second-order valence-corrected chi connectivity index (χ2v) is 6.46. The Bertz CT molecular complexity index is 750. The zero-order valence-electron chi connectivity index (χ0n) is 14.9. The van der Waals surface area contributed by atoms with E-state index in [1.165, 1.54) is 5.56 Å². The van der Waals surface area contributed by atoms with Crippen LogP contribution in [0.4, 0.5) is 4.79 Å². The number of carbonyl (C=O) groups is 1. The van der Waals surface area contributed by atoms with Crippen molar-refractivity contribution >= 4 is 6.03 Å². The first-order valence-corrected chi connectivity index (χ1v) is 8.99. The fourth-order valence-electron chi connectivity index (χ4n) is 3.24. The molecular formula is C22H24N2O2. The third-order valence-electron chi connectivity index (χ3n) is 4.68. The number of ether oxygens (including phenoxy) is 1. The Labute approximate surface area is 155 Å². The third-order valence-corrected chi connectivity index (χ3v) is 4.68. The van der Waals surface area contributed by atoms with E-state index >= 15 is 0 Å². The number of nitrogens with one attached hydrogen (secondary N) is 1. The normalized spacial score (nSPS) is 16.1. The second-order valence-electron chi connectivity index (χ2n) is 6.46. The number of hydrogen-bond acceptors (Lipinski definition) is 2. The largest absolute Gasteiger partial charge is 0.481 e. The first-order chi connectivity index (χ1) is 12.8. The van der Waals surface area contributed by atoms with Gasteiger partial charge in [-0.3, -0.25) is 0 Å². The van der Waals surface area contributed by atoms with Crippen molar-refractivity contribution < 1.29 is 9.53 Å². The predicted octanol–water partition coefficient (Wildman–Crippen LogP) is 3.44. The standard InChI is InChI=1S/C22H24N2O2/c1-2-16-26-21-10-8-18(9-11-21)12-14-23-22(25)24-15-13-20(17-24)19-6-4-3-5-7-19/h1,3-11,20H,12-17H2,(H,23,25). The van der Waals surface area contributed by atoms with Crippen molar-refractivity contribution in [2.75, 3.05) is 26.2 Å². The van der Waals surface area contributed by atoms with Gasteiger partial charge in [0.1, 0.15) is 12.4 Å². The van der Waals surface area contributed by atoms with Gasteiger partial charge in [0.2, 0.25) is 0 Å². The number of hydrogen-bond donors (Lipinski definition) is 1. The van der Waals surface area contributed by atoms with Crippen molar-refractivity contribution in [3.63, 3.8) is 0 Å². The molecular weight excluding hydrogens is 324 g/mol. The highest BCUT2D eigenvalue weighted by Crippen LogP contribution is 2.26. The van der Waals surface area contributed by atoms with Crippen LogP contribution in [0.15, 0.2) is 54.6 Å². The maximum Gasteiger partial charge on any atom is 0.317 e. The summed E-state index contributed by atoms with van der Waals surface area (Å²) < 4.78 is 5.35. The lowest BCUT2D eigenvalue weighted by Gasteiger charge is -2.17. The Morgan fingerprint density at radius 2 is 1.96 bits per heavy atom. The zero-order chi connectivity index (χ0) is 18.2. The molecule has 2 aromatic rings. The number of urea groups is 1. The summed E-state index contributed by atoms with van der Waals surface area (Å²) in [6, 6.07) is 18.2. The molecule has 1 fully saturated rings. The van der Waals surface area contributed by atoms with Crippen LogP contribution in [0.25, 0.3) is 0 Å². The molecule has 26 heavy (non-hydrogen) atoms. The Morgan fingerprint density at radius 3 is 2.69 bits per heavy atom. The number of likely N-dealkylation sites (tertiary alicyclic amines) is 1. The number of amides is 2. The highest BCUT2D eigenvalue weighted by Gasteiger charge is 2.26. The molecule has 1 unspecified atom stereocenters. The molecule has 4 heteroatoms. The van der Waals surface area contributed by atoms with Crippen LogP contribution < -0.4 is 10.1 Å². The number of rotatable bonds is 6. The summed E-state index contributed by atoms with van der Waals surface area (Å²) in [5.41, 5.74) is 2.47. The van der Waals surface area contributed by atoms with Gasteiger partial charge in [-0.2, -0.15) is 0 Å². The van der Waals surface area contributed by atoms with Crippen LogP contribution in [0.2, 0.25) is 0 Å². The van der Waals surface area contributed by atoms with Gasteiger partial charge in [0, 0.05) is 25.6 Å². The van der Waals surface area contributed by atoms with Gasteiger partial charge in [-0.1, -0.05) is 48.4 Å². The molecule has 0 spiro atoms. The summed E-state index contributed by atoms with van der Waals surface area (Å²) in [6.45, 7) is 2.49. The first-order valence-electron chi connectivity index (χ1n) is 8.99. The summed E-state index contributed by atoms with van der Waals surface area (Å²) in [7, 11) is 0. The van der Waals surface area contributed by atoms with E-state index < -0.39 is 0 Å². The third kappa shape index (κ3) is 4.80. The van der Waals surface area contributed by atoms with E-state index in [-0.39, 0.29) is 12.6 Å². The summed E-state index contributed by atoms with van der Waals surface area (Å²) in [5.74, 6) is 3.65. The average molecular weight is 348 g/mol. The van der Waals surface area contributed by atoms with Gasteiger partial charge in [-0.15, -0.1) is 6.42 Å². The molecule has 0 bridgehead atoms. The highest BCUT2D eigenvalue weighted by molar-refractivity contribution is 5.74. The van der Waals surface area contributed by atoms with Gasteiger partial charge < -0.3 is 15.0 Å². The fourth-order valence-corrected chi connectivity index (χ4v) is 3.24. The Balaban J connectivity index is 1.41. The van der Waals surface area contributed by atoms with Crippen molar-refractivity contribution in [1.82, 2.24) is 10.2 Å². The fraction of sp³-hybridized carbons (Fsp3) is 0.318. The summed E-state index contributed by atoms with van der Waals surface area (Å²) in [4.78, 5) is 14.3. The quantitative estimate of drug-likeness (QED) is 0.813. The van der Waals surface area contributed by atoms with Crippen LogP contribution in [0, 0.1) is 12.3 Å². The van der Waals surface area contributed by atoms with E-state index in [4.69, 9.17) is 11.2 Å². The second kappa shape index (κ2) is 8.96. The molecule has 1 saturated heterocycles. The molecule has 1 atom stereocenters. The van der Waals surface area contributed by atoms with Crippen molar-refractivity contribution in [2.45, 2.75) is 18.8 Å². The van der Waals surface area contributed by atoms with Crippen LogP contribution in [0.3, 0.4) is 0 Å². The lowest BCUT2D eigenvalue weighted by atomic mass is 9.99. The molecule has 2 amide bonds. The molecule has 1 aliphatic rings. The lowest BCUT2D eigenvalue weighted by Crippen LogP contribution is -2.39. The van der Waals surface area contributed by atoms with Crippen molar-refractivity contribution in [2.24, 2.45) is 0 Å². The van der Waals surface area contributed by atoms with Crippen molar-refractivity contribution in [3.8, 4) is 18.1 Å². The number of benzene rings is 2. The molecule has 0 saturated carbocycles. The Hall–Kier alpha value is -2.93. The smallest absolute Gasteiger partial charge is 0.317 e. The van der Waals surface area contributed by atoms with Gasteiger partial charge in [0.15, 0.2) is 0 Å². The zero-order valence-corrected chi connectivity index (χ0v) is 14.9. The number of carbonyl (C=O) groups excluding carboxylic acids is 1. The number of terminal acetylenes is 1. The van der Waals surface area contributed by atoms with E-state index in [0.29, 0.717) is 12.5 Å². The predicted molar refractivity (Wildman–Crippen MR) is 103 cm³/mol. The van der Waals surface area contributed by atoms with E-state index in [1.807, 2.05) is 35.2 Å². The summed E-state index contributed by atoms with van der Waals surface area (Å²) >= 11 is 0. The molecule has 134 valence electrons. The van der Waals surface area contributed by atoms with E-state index in [9.17, 15) is 4.79 Å². The topological polar surface area (TPSA) is 41.6 Å². The minimum atomic E-state index is 0.0254. The summed E-state index contributed by atoms with van der Waals surface area (Å²) in [5, 5.41) is 3.02. The molecule has 1 aliphatic heterocycles. The van der Waals surface area contributed by atoms with Crippen LogP contribution in [-0.4, -0.2) is 37.2 Å². The van der Waals surface area contributed by atoms with Gasteiger partial charge in [-0.05, 0) is 36.1 Å². The van der Waals surface area contributed by atoms with Crippen molar-refractivity contribution in [3.05, 3.63) is 65.7 Å². The van der Waals surface area contributed by atoms with Gasteiger partial charge in [-0.25, -0.2) is 4.79 Å². The molecule has 0 radical (unpaired) electrons. The molecule has 0 aromatic heterocycles. The molecule has 2 aromatic carbocycles. The maximum absolute atomic E-state index is 12.4. The lowest BCUT2D eigenvalue weighted by molar-refractivity contribution is 0.208. The average Bonchev–Trinajstić information content (AvgIpc) is 3.18. The molecule has 4 nitrogen and oxygen atoms in total. The van der Waals surface area contributed by atoms with Gasteiger partial charge >= 0.3 is 6.03 Å². The molecule has 0 aliphatic carbocycles. The van der Waals surface area contributed by atoms with Gasteiger partial charge in [0.25, 0.3) is 0 Å². The monoisotopic (exact) mass is 348 g/mol. The minimum absolute atomic E-state index is 0.0254. The van der Waals surface area contributed by atoms with Crippen LogP contribution in [0.1, 0.15) is 23.5 Å². The van der Waals surface area contributed by atoms with Crippen LogP contribution in [-0.2, 0) is 6.42 Å². The van der Waals surface area contributed by atoms with Crippen LogP contribution >= 0.6 is 0 Å². The molecule has 1 heterocycles. The van der Waals surface area contributed by atoms with E-state index in [2.05, 4.69) is 35.5 Å².